The minimum absolute atomic E-state index is 0.0250. The Bertz CT molecular complexity index is 1390. The molecule has 0 atom stereocenters. The van der Waals surface area contributed by atoms with Crippen molar-refractivity contribution in [1.82, 2.24) is 24.8 Å². The molecular formula is C27H30N6O2. The summed E-state index contributed by atoms with van der Waals surface area (Å²) in [6, 6.07) is 12.5. The summed E-state index contributed by atoms with van der Waals surface area (Å²) in [5, 5.41) is 8.70. The Morgan fingerprint density at radius 2 is 1.60 bits per heavy atom. The van der Waals surface area contributed by atoms with Gasteiger partial charge >= 0.3 is 0 Å². The van der Waals surface area contributed by atoms with Crippen molar-refractivity contribution in [2.24, 2.45) is 0 Å². The lowest BCUT2D eigenvalue weighted by molar-refractivity contribution is 0.0746. The maximum Gasteiger partial charge on any atom is 0.257 e. The molecule has 0 aliphatic carbocycles. The van der Waals surface area contributed by atoms with Gasteiger partial charge in [0.15, 0.2) is 0 Å². The van der Waals surface area contributed by atoms with Crippen molar-refractivity contribution in [3.05, 3.63) is 76.4 Å². The fourth-order valence-corrected chi connectivity index (χ4v) is 4.59. The number of hydrogen-bond acceptors (Lipinski definition) is 6. The first-order valence-electron chi connectivity index (χ1n) is 11.9. The van der Waals surface area contributed by atoms with Gasteiger partial charge in [-0.15, -0.1) is 0 Å². The van der Waals surface area contributed by atoms with Gasteiger partial charge in [-0.1, -0.05) is 29.4 Å². The highest BCUT2D eigenvalue weighted by Gasteiger charge is 2.26. The Labute approximate surface area is 205 Å². The molecule has 5 rings (SSSR count). The molecule has 8 nitrogen and oxygen atoms in total. The number of rotatable bonds is 4. The van der Waals surface area contributed by atoms with Gasteiger partial charge in [-0.25, -0.2) is 4.68 Å². The largest absolute Gasteiger partial charge is 0.368 e. The van der Waals surface area contributed by atoms with Gasteiger partial charge in [0.05, 0.1) is 16.9 Å². The summed E-state index contributed by atoms with van der Waals surface area (Å²) in [4.78, 5) is 22.1. The second kappa shape index (κ2) is 9.02. The third-order valence-electron chi connectivity index (χ3n) is 6.64. The fourth-order valence-electron chi connectivity index (χ4n) is 4.59. The normalized spacial score (nSPS) is 14.0. The molecule has 0 saturated carbocycles. The molecule has 0 unspecified atom stereocenters. The second-order valence-corrected chi connectivity index (χ2v) is 9.28. The summed E-state index contributed by atoms with van der Waals surface area (Å²) >= 11 is 0. The highest BCUT2D eigenvalue weighted by atomic mass is 16.5. The van der Waals surface area contributed by atoms with E-state index >= 15 is 0 Å². The lowest BCUT2D eigenvalue weighted by Crippen LogP contribution is -2.49. The molecule has 0 spiro atoms. The van der Waals surface area contributed by atoms with E-state index in [-0.39, 0.29) is 5.91 Å². The van der Waals surface area contributed by atoms with Crippen LogP contribution in [0.3, 0.4) is 0 Å². The number of carbonyl (C=O) groups excluding carboxylic acids is 1. The summed E-state index contributed by atoms with van der Waals surface area (Å²) in [6.45, 7) is 12.9. The summed E-state index contributed by atoms with van der Waals surface area (Å²) in [5.74, 6) is 1.07. The van der Waals surface area contributed by atoms with Crippen LogP contribution >= 0.6 is 0 Å². The Balaban J connectivity index is 1.35. The van der Waals surface area contributed by atoms with Crippen LogP contribution in [0.5, 0.6) is 0 Å². The molecule has 1 aliphatic rings. The topological polar surface area (TPSA) is 80.3 Å². The maximum atomic E-state index is 13.4. The van der Waals surface area contributed by atoms with Crippen LogP contribution in [0.15, 0.2) is 47.1 Å². The Morgan fingerprint density at radius 1 is 0.886 bits per heavy atom. The third kappa shape index (κ3) is 4.43. The molecule has 3 heterocycles. The van der Waals surface area contributed by atoms with E-state index in [9.17, 15) is 4.79 Å². The number of aryl methyl sites for hydroxylation is 5. The van der Waals surface area contributed by atoms with Crippen molar-refractivity contribution in [3.8, 4) is 17.1 Å². The molecule has 2 aromatic carbocycles. The molecule has 8 heteroatoms. The predicted molar refractivity (Wildman–Crippen MR) is 135 cm³/mol. The van der Waals surface area contributed by atoms with Crippen LogP contribution in [-0.4, -0.2) is 56.9 Å². The van der Waals surface area contributed by atoms with Crippen molar-refractivity contribution < 1.29 is 9.32 Å². The van der Waals surface area contributed by atoms with Gasteiger partial charge in [-0.2, -0.15) is 10.1 Å². The number of nitrogens with zero attached hydrogens (tertiary/aromatic N) is 6. The molecule has 0 bridgehead atoms. The molecule has 1 aliphatic heterocycles. The molecule has 35 heavy (non-hydrogen) atoms. The van der Waals surface area contributed by atoms with Crippen molar-refractivity contribution in [3.63, 3.8) is 0 Å². The van der Waals surface area contributed by atoms with Crippen LogP contribution in [0.25, 0.3) is 17.1 Å². The van der Waals surface area contributed by atoms with Gasteiger partial charge in [0.1, 0.15) is 0 Å². The monoisotopic (exact) mass is 470 g/mol. The summed E-state index contributed by atoms with van der Waals surface area (Å²) in [6.07, 6.45) is 1.84. The minimum atomic E-state index is 0.0250. The van der Waals surface area contributed by atoms with E-state index in [1.807, 2.05) is 43.1 Å². The molecule has 0 radical (unpaired) electrons. The van der Waals surface area contributed by atoms with Gasteiger partial charge < -0.3 is 14.3 Å². The van der Waals surface area contributed by atoms with E-state index in [1.165, 1.54) is 16.8 Å². The SMILES string of the molecule is Cc1ccc(C)c(N2CCN(C(=O)c3cn(-c4cc(-c5noc(C)n5)ccc4C)nc3C)CC2)c1. The van der Waals surface area contributed by atoms with Crippen LogP contribution in [-0.2, 0) is 0 Å². The van der Waals surface area contributed by atoms with E-state index in [0.717, 1.165) is 29.9 Å². The number of anilines is 1. The zero-order chi connectivity index (χ0) is 24.7. The summed E-state index contributed by atoms with van der Waals surface area (Å²) in [5.41, 5.74) is 7.88. The number of benzene rings is 2. The Morgan fingerprint density at radius 3 is 2.31 bits per heavy atom. The standard InChI is InChI=1S/C27H30N6O2/c1-17-6-7-18(2)24(14-17)31-10-12-32(13-11-31)27(34)23-16-33(29-20(23)4)25-15-22(9-8-19(25)3)26-28-21(5)35-30-26/h6-9,14-16H,10-13H2,1-5H3. The first-order valence-corrected chi connectivity index (χ1v) is 11.9. The quantitative estimate of drug-likeness (QED) is 0.439. The maximum absolute atomic E-state index is 13.4. The van der Waals surface area contributed by atoms with Crippen LogP contribution in [0.4, 0.5) is 5.69 Å². The van der Waals surface area contributed by atoms with E-state index < -0.39 is 0 Å². The average molecular weight is 471 g/mol. The molecule has 0 N–H and O–H groups in total. The van der Waals surface area contributed by atoms with Gasteiger partial charge in [0.2, 0.25) is 11.7 Å². The molecular weight excluding hydrogens is 440 g/mol. The molecule has 4 aromatic rings. The highest BCUT2D eigenvalue weighted by Crippen LogP contribution is 2.25. The number of carbonyl (C=O) groups is 1. The fraction of sp³-hybridized carbons (Fsp3) is 0.333. The van der Waals surface area contributed by atoms with Crippen molar-refractivity contribution >= 4 is 11.6 Å². The molecule has 1 fully saturated rings. The van der Waals surface area contributed by atoms with E-state index in [4.69, 9.17) is 4.52 Å². The van der Waals surface area contributed by atoms with Crippen LogP contribution < -0.4 is 4.90 Å². The Kier molecular flexibility index (Phi) is 5.88. The zero-order valence-corrected chi connectivity index (χ0v) is 20.9. The van der Waals surface area contributed by atoms with Gasteiger partial charge in [0.25, 0.3) is 5.91 Å². The number of piperazine rings is 1. The smallest absolute Gasteiger partial charge is 0.257 e. The molecule has 1 saturated heterocycles. The van der Waals surface area contributed by atoms with Crippen molar-refractivity contribution in [2.45, 2.75) is 34.6 Å². The second-order valence-electron chi connectivity index (χ2n) is 9.28. The zero-order valence-electron chi connectivity index (χ0n) is 20.9. The van der Waals surface area contributed by atoms with Crippen LogP contribution in [0, 0.1) is 34.6 Å². The van der Waals surface area contributed by atoms with E-state index in [0.29, 0.717) is 36.1 Å². The van der Waals surface area contributed by atoms with Crippen molar-refractivity contribution in [2.75, 3.05) is 31.1 Å². The Hall–Kier alpha value is -3.94. The predicted octanol–water partition coefficient (Wildman–Crippen LogP) is 4.43. The third-order valence-corrected chi connectivity index (χ3v) is 6.64. The van der Waals surface area contributed by atoms with E-state index in [2.05, 4.69) is 52.2 Å². The lowest BCUT2D eigenvalue weighted by atomic mass is 10.1. The first-order chi connectivity index (χ1) is 16.8. The number of aromatic nitrogens is 4. The average Bonchev–Trinajstić information content (AvgIpc) is 3.46. The minimum Gasteiger partial charge on any atom is -0.368 e. The van der Waals surface area contributed by atoms with Gasteiger partial charge in [-0.3, -0.25) is 4.79 Å². The van der Waals surface area contributed by atoms with Crippen LogP contribution in [0.2, 0.25) is 0 Å². The number of amides is 1. The van der Waals surface area contributed by atoms with Gasteiger partial charge in [-0.05, 0) is 56.5 Å². The first kappa shape index (κ1) is 22.8. The van der Waals surface area contributed by atoms with Crippen LogP contribution in [0.1, 0.15) is 38.6 Å². The van der Waals surface area contributed by atoms with Gasteiger partial charge in [0, 0.05) is 50.6 Å². The lowest BCUT2D eigenvalue weighted by Gasteiger charge is -2.37. The highest BCUT2D eigenvalue weighted by molar-refractivity contribution is 5.95. The molecule has 180 valence electrons. The number of hydrogen-bond donors (Lipinski definition) is 0. The summed E-state index contributed by atoms with van der Waals surface area (Å²) in [7, 11) is 0. The van der Waals surface area contributed by atoms with E-state index in [1.54, 1.807) is 11.6 Å². The molecule has 1 amide bonds. The molecule has 2 aromatic heterocycles. The van der Waals surface area contributed by atoms with Crippen molar-refractivity contribution in [1.29, 1.82) is 0 Å². The summed E-state index contributed by atoms with van der Waals surface area (Å²) < 4.78 is 6.91.